The quantitative estimate of drug-likeness (QED) is 0.602. The van der Waals surface area contributed by atoms with E-state index in [0.717, 1.165) is 12.8 Å². The summed E-state index contributed by atoms with van der Waals surface area (Å²) in [5.74, 6) is 0.129. The normalized spacial score (nSPS) is 11.4. The monoisotopic (exact) mass is 400 g/mol. The van der Waals surface area contributed by atoms with Crippen LogP contribution in [0.15, 0.2) is 44.1 Å². The summed E-state index contributed by atoms with van der Waals surface area (Å²) < 4.78 is 1.17. The third-order valence-corrected chi connectivity index (χ3v) is 4.59. The predicted molar refractivity (Wildman–Crippen MR) is 109 cm³/mol. The fourth-order valence-corrected chi connectivity index (χ4v) is 2.90. The minimum Gasteiger partial charge on any atom is -0.291 e. The number of benzene rings is 1. The van der Waals surface area contributed by atoms with Crippen LogP contribution in [0.5, 0.6) is 0 Å². The van der Waals surface area contributed by atoms with Crippen molar-refractivity contribution in [3.05, 3.63) is 66.9 Å². The maximum Gasteiger partial charge on any atom is 0.301 e. The first-order chi connectivity index (χ1) is 13.4. The number of aromatic nitrogens is 4. The van der Waals surface area contributed by atoms with E-state index in [2.05, 4.69) is 32.2 Å². The molecule has 28 heavy (non-hydrogen) atoms. The molecule has 0 radical (unpaired) electrons. The fourth-order valence-electron chi connectivity index (χ4n) is 2.77. The number of H-pyrrole nitrogens is 2. The van der Waals surface area contributed by atoms with Crippen LogP contribution in [0.3, 0.4) is 0 Å². The molecule has 0 fully saturated rings. The summed E-state index contributed by atoms with van der Waals surface area (Å²) in [5, 5.41) is 11.6. The molecule has 8 nitrogen and oxygen atoms in total. The maximum atomic E-state index is 12.7. The zero-order valence-corrected chi connectivity index (χ0v) is 16.7. The van der Waals surface area contributed by atoms with E-state index in [1.54, 1.807) is 38.1 Å². The lowest BCUT2D eigenvalue weighted by molar-refractivity contribution is 0.735. The smallest absolute Gasteiger partial charge is 0.291 e. The van der Waals surface area contributed by atoms with Gasteiger partial charge in [-0.2, -0.15) is 9.80 Å². The average Bonchev–Trinajstić information content (AvgIpc) is 2.94. The van der Waals surface area contributed by atoms with Gasteiger partial charge in [-0.05, 0) is 51.0 Å². The van der Waals surface area contributed by atoms with Gasteiger partial charge in [0, 0.05) is 10.6 Å². The van der Waals surface area contributed by atoms with Crippen molar-refractivity contribution in [2.45, 2.75) is 40.0 Å². The van der Waals surface area contributed by atoms with Crippen molar-refractivity contribution < 1.29 is 0 Å². The van der Waals surface area contributed by atoms with Crippen molar-refractivity contribution >= 4 is 23.0 Å². The molecule has 0 atom stereocenters. The minimum absolute atomic E-state index is 0.129. The number of aromatic amines is 2. The highest BCUT2D eigenvalue weighted by molar-refractivity contribution is 6.30. The molecule has 0 aliphatic rings. The lowest BCUT2D eigenvalue weighted by Gasteiger charge is -2.06. The van der Waals surface area contributed by atoms with E-state index >= 15 is 0 Å². The Hall–Kier alpha value is -3.00. The number of aryl methyl sites for hydroxylation is 2. The topological polar surface area (TPSA) is 108 Å². The standard InChI is InChI=1S/C19H21ClN6O2/c1-4-5-6-15-11(2)21-19(22-17(15)27)26-18(28)16(12(3)25-26)24-23-14-9-7-13(20)8-10-14/h7-10,25H,4-6H2,1-3H3,(H,21,22,27). The van der Waals surface area contributed by atoms with E-state index in [1.807, 2.05) is 0 Å². The van der Waals surface area contributed by atoms with Gasteiger partial charge >= 0.3 is 5.56 Å². The first-order valence-corrected chi connectivity index (χ1v) is 9.37. The van der Waals surface area contributed by atoms with Crippen molar-refractivity contribution in [2.75, 3.05) is 0 Å². The number of unbranched alkanes of at least 4 members (excludes halogenated alkanes) is 1. The van der Waals surface area contributed by atoms with Crippen LogP contribution in [-0.4, -0.2) is 19.7 Å². The molecule has 0 amide bonds. The van der Waals surface area contributed by atoms with E-state index in [0.29, 0.717) is 34.1 Å². The molecule has 0 bridgehead atoms. The van der Waals surface area contributed by atoms with Crippen molar-refractivity contribution in [1.82, 2.24) is 19.7 Å². The molecule has 0 saturated heterocycles. The van der Waals surface area contributed by atoms with Crippen LogP contribution in [0, 0.1) is 13.8 Å². The molecular weight excluding hydrogens is 380 g/mol. The maximum absolute atomic E-state index is 12.7. The molecule has 2 aromatic heterocycles. The van der Waals surface area contributed by atoms with E-state index in [9.17, 15) is 9.59 Å². The van der Waals surface area contributed by atoms with Crippen LogP contribution in [0.1, 0.15) is 36.7 Å². The summed E-state index contributed by atoms with van der Waals surface area (Å²) in [7, 11) is 0. The first kappa shape index (κ1) is 19.8. The molecule has 3 rings (SSSR count). The average molecular weight is 401 g/mol. The van der Waals surface area contributed by atoms with Crippen LogP contribution in [0.25, 0.3) is 5.95 Å². The van der Waals surface area contributed by atoms with Gasteiger partial charge in [-0.1, -0.05) is 24.9 Å². The van der Waals surface area contributed by atoms with Crippen molar-refractivity contribution in [3.8, 4) is 5.95 Å². The summed E-state index contributed by atoms with van der Waals surface area (Å²) >= 11 is 5.85. The third-order valence-electron chi connectivity index (χ3n) is 4.33. The van der Waals surface area contributed by atoms with Gasteiger partial charge in [0.2, 0.25) is 5.95 Å². The molecule has 0 aliphatic carbocycles. The number of nitrogens with zero attached hydrogens (tertiary/aromatic N) is 4. The van der Waals surface area contributed by atoms with Gasteiger partial charge in [0.15, 0.2) is 5.69 Å². The molecule has 146 valence electrons. The molecule has 2 heterocycles. The van der Waals surface area contributed by atoms with Crippen molar-refractivity contribution in [3.63, 3.8) is 0 Å². The summed E-state index contributed by atoms with van der Waals surface area (Å²) in [4.78, 5) is 32.2. The van der Waals surface area contributed by atoms with Crippen LogP contribution in [0.2, 0.25) is 5.02 Å². The van der Waals surface area contributed by atoms with Crippen LogP contribution >= 0.6 is 11.6 Å². The molecule has 0 aliphatic heterocycles. The van der Waals surface area contributed by atoms with E-state index in [4.69, 9.17) is 11.6 Å². The van der Waals surface area contributed by atoms with E-state index < -0.39 is 5.56 Å². The molecule has 0 spiro atoms. The van der Waals surface area contributed by atoms with Gasteiger partial charge in [0.1, 0.15) is 0 Å². The lowest BCUT2D eigenvalue weighted by atomic mass is 10.1. The van der Waals surface area contributed by atoms with Gasteiger partial charge < -0.3 is 0 Å². The number of rotatable bonds is 6. The van der Waals surface area contributed by atoms with Gasteiger partial charge in [0.05, 0.1) is 17.1 Å². The summed E-state index contributed by atoms with van der Waals surface area (Å²) in [6.07, 6.45) is 2.55. The van der Waals surface area contributed by atoms with Gasteiger partial charge in [-0.3, -0.25) is 19.7 Å². The summed E-state index contributed by atoms with van der Waals surface area (Å²) in [5.41, 5.74) is 1.79. The second-order valence-corrected chi connectivity index (χ2v) is 6.90. The summed E-state index contributed by atoms with van der Waals surface area (Å²) in [6, 6.07) is 6.78. The van der Waals surface area contributed by atoms with Gasteiger partial charge in [-0.25, -0.2) is 4.98 Å². The first-order valence-electron chi connectivity index (χ1n) is 8.99. The van der Waals surface area contributed by atoms with Crippen molar-refractivity contribution in [2.24, 2.45) is 10.2 Å². The Morgan fingerprint density at radius 1 is 1.14 bits per heavy atom. The van der Waals surface area contributed by atoms with E-state index in [1.165, 1.54) is 4.68 Å². The Morgan fingerprint density at radius 3 is 2.50 bits per heavy atom. The predicted octanol–water partition coefficient (Wildman–Crippen LogP) is 4.28. The van der Waals surface area contributed by atoms with Crippen LogP contribution in [-0.2, 0) is 6.42 Å². The highest BCUT2D eigenvalue weighted by Crippen LogP contribution is 2.20. The minimum atomic E-state index is -0.445. The Kier molecular flexibility index (Phi) is 5.89. The number of hydrogen-bond acceptors (Lipinski definition) is 5. The van der Waals surface area contributed by atoms with Crippen LogP contribution < -0.4 is 11.1 Å². The molecule has 3 aromatic rings. The number of halogens is 1. The van der Waals surface area contributed by atoms with Gasteiger partial charge in [-0.15, -0.1) is 5.11 Å². The molecule has 9 heteroatoms. The zero-order valence-electron chi connectivity index (χ0n) is 15.9. The Morgan fingerprint density at radius 2 is 1.86 bits per heavy atom. The lowest BCUT2D eigenvalue weighted by Crippen LogP contribution is -2.24. The fraction of sp³-hybridized carbons (Fsp3) is 0.316. The Balaban J connectivity index is 1.97. The molecule has 2 N–H and O–H groups in total. The summed E-state index contributed by atoms with van der Waals surface area (Å²) in [6.45, 7) is 5.53. The Labute approximate surface area is 166 Å². The second-order valence-electron chi connectivity index (χ2n) is 6.46. The van der Waals surface area contributed by atoms with E-state index in [-0.39, 0.29) is 17.2 Å². The molecule has 0 unspecified atom stereocenters. The molecule has 0 saturated carbocycles. The largest absolute Gasteiger partial charge is 0.301 e. The van der Waals surface area contributed by atoms with Crippen LogP contribution in [0.4, 0.5) is 11.4 Å². The number of azo groups is 1. The zero-order chi connectivity index (χ0) is 20.3. The highest BCUT2D eigenvalue weighted by Gasteiger charge is 2.16. The second kappa shape index (κ2) is 8.35. The molecular formula is C19H21ClN6O2. The van der Waals surface area contributed by atoms with Crippen molar-refractivity contribution in [1.29, 1.82) is 0 Å². The molecule has 1 aromatic carbocycles. The third kappa shape index (κ3) is 4.12. The number of hydrogen-bond donors (Lipinski definition) is 2. The number of nitrogens with one attached hydrogen (secondary N) is 2. The SMILES string of the molecule is CCCCc1c(C)nc(-n2[nH]c(C)c(N=Nc3ccc(Cl)cc3)c2=O)[nH]c1=O. The highest BCUT2D eigenvalue weighted by atomic mass is 35.5. The Bertz CT molecular complexity index is 1120. The van der Waals surface area contributed by atoms with Gasteiger partial charge in [0.25, 0.3) is 5.56 Å².